The maximum Gasteiger partial charge on any atom is 0.268 e. The number of nitrogens with zero attached hydrogens (tertiary/aromatic N) is 1. The molecule has 4 heteroatoms. The molecule has 0 saturated carbocycles. The van der Waals surface area contributed by atoms with Crippen molar-refractivity contribution in [3.63, 3.8) is 0 Å². The van der Waals surface area contributed by atoms with Gasteiger partial charge >= 0.3 is 0 Å². The molecule has 2 rings (SSSR count). The van der Waals surface area contributed by atoms with Gasteiger partial charge in [-0.15, -0.1) is 0 Å². The molecule has 1 N–H and O–H groups in total. The molecular weight excluding hydrogens is 236 g/mol. The number of aromatic nitrogens is 1. The van der Waals surface area contributed by atoms with E-state index in [0.717, 1.165) is 10.9 Å². The van der Waals surface area contributed by atoms with E-state index in [0.29, 0.717) is 10.7 Å². The maximum absolute atomic E-state index is 12.0. The quantitative estimate of drug-likeness (QED) is 0.874. The summed E-state index contributed by atoms with van der Waals surface area (Å²) in [5.74, 6) is -0.0743. The zero-order chi connectivity index (χ0) is 12.6. The summed E-state index contributed by atoms with van der Waals surface area (Å²) >= 11 is 6.13. The summed E-state index contributed by atoms with van der Waals surface area (Å²) in [6.07, 6.45) is 0. The number of carbonyl (C=O) groups is 1. The van der Waals surface area contributed by atoms with Gasteiger partial charge in [-0.1, -0.05) is 23.7 Å². The highest BCUT2D eigenvalue weighted by atomic mass is 35.5. The highest BCUT2D eigenvalue weighted by Crippen LogP contribution is 2.25. The molecule has 1 heterocycles. The van der Waals surface area contributed by atoms with Crippen molar-refractivity contribution in [3.8, 4) is 0 Å². The Morgan fingerprint density at radius 1 is 1.41 bits per heavy atom. The molecule has 0 unspecified atom stereocenters. The average molecular weight is 251 g/mol. The van der Waals surface area contributed by atoms with Gasteiger partial charge in [0, 0.05) is 18.5 Å². The van der Waals surface area contributed by atoms with Crippen LogP contribution in [0.5, 0.6) is 0 Å². The number of rotatable bonds is 2. The van der Waals surface area contributed by atoms with Gasteiger partial charge in [-0.2, -0.15) is 0 Å². The molecule has 0 aliphatic heterocycles. The van der Waals surface area contributed by atoms with Crippen LogP contribution in [0.4, 0.5) is 0 Å². The zero-order valence-electron chi connectivity index (χ0n) is 10.1. The van der Waals surface area contributed by atoms with Gasteiger partial charge in [0.2, 0.25) is 0 Å². The number of halogens is 1. The molecule has 0 radical (unpaired) electrons. The second-order valence-corrected chi connectivity index (χ2v) is 4.80. The lowest BCUT2D eigenvalue weighted by Crippen LogP contribution is -2.31. The zero-order valence-corrected chi connectivity index (χ0v) is 10.9. The summed E-state index contributed by atoms with van der Waals surface area (Å²) in [6.45, 7) is 3.88. The molecule has 0 bridgehead atoms. The smallest absolute Gasteiger partial charge is 0.268 e. The van der Waals surface area contributed by atoms with E-state index in [-0.39, 0.29) is 11.9 Å². The average Bonchev–Trinajstić information content (AvgIpc) is 2.56. The number of nitrogens with one attached hydrogen (secondary N) is 1. The number of amides is 1. The molecule has 1 aromatic carbocycles. The molecule has 3 nitrogen and oxygen atoms in total. The number of fused-ring (bicyclic) bond motifs is 1. The Labute approximate surface area is 105 Å². The van der Waals surface area contributed by atoms with E-state index >= 15 is 0 Å². The van der Waals surface area contributed by atoms with Crippen LogP contribution in [-0.4, -0.2) is 16.5 Å². The predicted octanol–water partition coefficient (Wildman–Crippen LogP) is 2.97. The van der Waals surface area contributed by atoms with E-state index in [1.807, 2.05) is 49.7 Å². The molecular formula is C13H15ClN2O. The van der Waals surface area contributed by atoms with Gasteiger partial charge in [0.05, 0.1) is 10.5 Å². The topological polar surface area (TPSA) is 34.0 Å². The molecule has 0 fully saturated rings. The van der Waals surface area contributed by atoms with Crippen LogP contribution in [0.25, 0.3) is 10.9 Å². The molecule has 17 heavy (non-hydrogen) atoms. The van der Waals surface area contributed by atoms with E-state index in [2.05, 4.69) is 5.32 Å². The Morgan fingerprint density at radius 3 is 2.71 bits per heavy atom. The van der Waals surface area contributed by atoms with Crippen molar-refractivity contribution >= 4 is 28.4 Å². The van der Waals surface area contributed by atoms with Crippen molar-refractivity contribution in [2.24, 2.45) is 7.05 Å². The predicted molar refractivity (Wildman–Crippen MR) is 70.5 cm³/mol. The van der Waals surface area contributed by atoms with Gasteiger partial charge < -0.3 is 9.88 Å². The first kappa shape index (κ1) is 12.0. The first-order valence-corrected chi connectivity index (χ1v) is 5.93. The summed E-state index contributed by atoms with van der Waals surface area (Å²) in [7, 11) is 1.85. The van der Waals surface area contributed by atoms with Crippen LogP contribution in [0.15, 0.2) is 24.3 Å². The normalized spacial score (nSPS) is 11.1. The summed E-state index contributed by atoms with van der Waals surface area (Å²) in [6, 6.07) is 7.64. The fraction of sp³-hybridized carbons (Fsp3) is 0.308. The largest absolute Gasteiger partial charge is 0.349 e. The monoisotopic (exact) mass is 250 g/mol. The highest BCUT2D eigenvalue weighted by Gasteiger charge is 2.15. The van der Waals surface area contributed by atoms with Crippen LogP contribution in [0, 0.1) is 0 Å². The molecule has 0 aliphatic rings. The number of para-hydroxylation sites is 1. The lowest BCUT2D eigenvalue weighted by molar-refractivity contribution is 0.0935. The molecule has 2 aromatic rings. The first-order valence-electron chi connectivity index (χ1n) is 5.55. The molecule has 0 saturated heterocycles. The van der Waals surface area contributed by atoms with Crippen LogP contribution < -0.4 is 5.32 Å². The van der Waals surface area contributed by atoms with Crippen LogP contribution in [-0.2, 0) is 7.05 Å². The highest BCUT2D eigenvalue weighted by molar-refractivity contribution is 6.35. The van der Waals surface area contributed by atoms with Gasteiger partial charge in [0.25, 0.3) is 5.91 Å². The van der Waals surface area contributed by atoms with E-state index in [4.69, 9.17) is 11.6 Å². The number of carbonyl (C=O) groups excluding carboxylic acids is 1. The standard InChI is InChI=1S/C13H15ClN2O/c1-8(2)15-13(17)11-7-9-5-4-6-10(14)12(9)16(11)3/h4-8H,1-3H3,(H,15,17). The molecule has 90 valence electrons. The number of hydrogen-bond donors (Lipinski definition) is 1. The summed E-state index contributed by atoms with van der Waals surface area (Å²) in [4.78, 5) is 12.0. The molecule has 1 amide bonds. The lowest BCUT2D eigenvalue weighted by atomic mass is 10.2. The van der Waals surface area contributed by atoms with Gasteiger partial charge in [-0.25, -0.2) is 0 Å². The van der Waals surface area contributed by atoms with Crippen molar-refractivity contribution in [1.29, 1.82) is 0 Å². The Bertz CT molecular complexity index is 572. The van der Waals surface area contributed by atoms with Crippen molar-refractivity contribution in [3.05, 3.63) is 35.0 Å². The van der Waals surface area contributed by atoms with E-state index < -0.39 is 0 Å². The molecule has 0 spiro atoms. The van der Waals surface area contributed by atoms with Crippen molar-refractivity contribution < 1.29 is 4.79 Å². The lowest BCUT2D eigenvalue weighted by Gasteiger charge is -2.09. The SMILES string of the molecule is CC(C)NC(=O)c1cc2cccc(Cl)c2n1C. The Hall–Kier alpha value is -1.48. The minimum absolute atomic E-state index is 0.0743. The van der Waals surface area contributed by atoms with Crippen molar-refractivity contribution in [2.75, 3.05) is 0 Å². The Morgan fingerprint density at radius 2 is 2.12 bits per heavy atom. The van der Waals surface area contributed by atoms with Gasteiger partial charge in [0.1, 0.15) is 5.69 Å². The van der Waals surface area contributed by atoms with Crippen molar-refractivity contribution in [1.82, 2.24) is 9.88 Å². The van der Waals surface area contributed by atoms with Crippen LogP contribution in [0.2, 0.25) is 5.02 Å². The number of aryl methyl sites for hydroxylation is 1. The minimum atomic E-state index is -0.0743. The van der Waals surface area contributed by atoms with Crippen LogP contribution in [0.3, 0.4) is 0 Å². The summed E-state index contributed by atoms with van der Waals surface area (Å²) in [5, 5.41) is 4.52. The second-order valence-electron chi connectivity index (χ2n) is 4.39. The second kappa shape index (κ2) is 4.41. The fourth-order valence-electron chi connectivity index (χ4n) is 1.92. The first-order chi connectivity index (χ1) is 8.00. The third-order valence-electron chi connectivity index (χ3n) is 2.66. The Balaban J connectivity index is 2.53. The number of benzene rings is 1. The van der Waals surface area contributed by atoms with Crippen LogP contribution in [0.1, 0.15) is 24.3 Å². The summed E-state index contributed by atoms with van der Waals surface area (Å²) < 4.78 is 1.83. The van der Waals surface area contributed by atoms with Crippen molar-refractivity contribution in [2.45, 2.75) is 19.9 Å². The summed E-state index contributed by atoms with van der Waals surface area (Å²) in [5.41, 5.74) is 1.52. The van der Waals surface area contributed by atoms with E-state index in [1.165, 1.54) is 0 Å². The molecule has 0 atom stereocenters. The van der Waals surface area contributed by atoms with E-state index in [1.54, 1.807) is 0 Å². The number of hydrogen-bond acceptors (Lipinski definition) is 1. The van der Waals surface area contributed by atoms with Gasteiger partial charge in [-0.3, -0.25) is 4.79 Å². The molecule has 0 aliphatic carbocycles. The Kier molecular flexibility index (Phi) is 3.11. The van der Waals surface area contributed by atoms with Gasteiger partial charge in [-0.05, 0) is 26.0 Å². The maximum atomic E-state index is 12.0. The van der Waals surface area contributed by atoms with Gasteiger partial charge in [0.15, 0.2) is 0 Å². The fourth-order valence-corrected chi connectivity index (χ4v) is 2.23. The third-order valence-corrected chi connectivity index (χ3v) is 2.96. The van der Waals surface area contributed by atoms with E-state index in [9.17, 15) is 4.79 Å². The molecule has 1 aromatic heterocycles. The minimum Gasteiger partial charge on any atom is -0.349 e. The van der Waals surface area contributed by atoms with Crippen LogP contribution >= 0.6 is 11.6 Å². The third kappa shape index (κ3) is 2.15.